The van der Waals surface area contributed by atoms with Crippen molar-refractivity contribution in [2.45, 2.75) is 19.1 Å². The molecule has 0 saturated carbocycles. The van der Waals surface area contributed by atoms with E-state index in [0.717, 1.165) is 9.13 Å². The monoisotopic (exact) mass is 363 g/mol. The Bertz CT molecular complexity index is 443. The van der Waals surface area contributed by atoms with Crippen LogP contribution < -0.4 is 15.9 Å². The molecule has 5 nitrogen and oxygen atoms in total. The maximum absolute atomic E-state index is 9.93. The summed E-state index contributed by atoms with van der Waals surface area (Å²) in [5.41, 5.74) is 7.14. The molecule has 0 spiro atoms. The lowest BCUT2D eigenvalue weighted by molar-refractivity contribution is 0.123. The highest BCUT2D eigenvalue weighted by atomic mass is 127. The van der Waals surface area contributed by atoms with Crippen molar-refractivity contribution in [1.82, 2.24) is 0 Å². The van der Waals surface area contributed by atoms with E-state index in [-0.39, 0.29) is 12.7 Å². The van der Waals surface area contributed by atoms with E-state index < -0.39 is 13.2 Å². The second kappa shape index (κ2) is 5.75. The van der Waals surface area contributed by atoms with Crippen molar-refractivity contribution in [3.05, 3.63) is 21.3 Å². The van der Waals surface area contributed by atoms with Gasteiger partial charge in [0.15, 0.2) is 0 Å². The van der Waals surface area contributed by atoms with Crippen molar-refractivity contribution in [1.29, 1.82) is 0 Å². The number of nitrogens with two attached hydrogens (primary N) is 1. The molecule has 0 fully saturated rings. The Kier molecular flexibility index (Phi) is 4.49. The summed E-state index contributed by atoms with van der Waals surface area (Å²) in [6.07, 6.45) is -0.873. The van der Waals surface area contributed by atoms with Crippen molar-refractivity contribution in [3.63, 3.8) is 0 Å². The summed E-state index contributed by atoms with van der Waals surface area (Å²) >= 11 is 2.18. The van der Waals surface area contributed by atoms with Crippen LogP contribution in [0.4, 0.5) is 0 Å². The summed E-state index contributed by atoms with van der Waals surface area (Å²) in [6, 6.07) is 3.66. The average Bonchev–Trinajstić information content (AvgIpc) is 2.67. The van der Waals surface area contributed by atoms with E-state index in [2.05, 4.69) is 22.6 Å². The fraction of sp³-hybridized carbons (Fsp3) is 0.455. The molecule has 18 heavy (non-hydrogen) atoms. The second-order valence-electron chi connectivity index (χ2n) is 4.25. The number of aliphatic hydroxyl groups excluding tert-OH is 1. The minimum Gasteiger partial charge on any atom is -0.491 e. The van der Waals surface area contributed by atoms with E-state index in [0.29, 0.717) is 17.8 Å². The third kappa shape index (κ3) is 2.64. The molecule has 0 bridgehead atoms. The van der Waals surface area contributed by atoms with Crippen molar-refractivity contribution < 1.29 is 19.5 Å². The molecule has 0 saturated heterocycles. The van der Waals surface area contributed by atoms with E-state index >= 15 is 0 Å². The highest BCUT2D eigenvalue weighted by Gasteiger charge is 2.38. The van der Waals surface area contributed by atoms with Gasteiger partial charge in [-0.15, -0.1) is 0 Å². The Labute approximate surface area is 120 Å². The minimum absolute atomic E-state index is 0.174. The Morgan fingerprint density at radius 3 is 2.94 bits per heavy atom. The summed E-state index contributed by atoms with van der Waals surface area (Å²) < 4.78 is 11.9. The van der Waals surface area contributed by atoms with Crippen molar-refractivity contribution in [2.24, 2.45) is 5.73 Å². The lowest BCUT2D eigenvalue weighted by atomic mass is 9.78. The van der Waals surface area contributed by atoms with Gasteiger partial charge in [-0.05, 0) is 47.2 Å². The number of fused-ring (bicyclic) bond motifs is 1. The molecule has 0 radical (unpaired) electrons. The topological polar surface area (TPSA) is 84.9 Å². The molecule has 1 aromatic rings. The Balaban J connectivity index is 2.36. The first kappa shape index (κ1) is 14.1. The van der Waals surface area contributed by atoms with E-state index in [1.54, 1.807) is 13.0 Å². The minimum atomic E-state index is -1.02. The molecule has 4 N–H and O–H groups in total. The van der Waals surface area contributed by atoms with Gasteiger partial charge in [0, 0.05) is 15.6 Å². The molecular weight excluding hydrogens is 348 g/mol. The van der Waals surface area contributed by atoms with Gasteiger partial charge in [0.2, 0.25) is 0 Å². The smallest absolute Gasteiger partial charge is 0.491 e. The van der Waals surface area contributed by atoms with Crippen molar-refractivity contribution in [2.75, 3.05) is 13.2 Å². The van der Waals surface area contributed by atoms with Crippen LogP contribution in [0.5, 0.6) is 5.75 Å². The molecule has 2 atom stereocenters. The van der Waals surface area contributed by atoms with Gasteiger partial charge in [-0.25, -0.2) is 0 Å². The maximum Gasteiger partial charge on any atom is 0.495 e. The van der Waals surface area contributed by atoms with Gasteiger partial charge in [-0.3, -0.25) is 0 Å². The normalized spacial score (nSPS) is 19.8. The van der Waals surface area contributed by atoms with Gasteiger partial charge in [0.05, 0.1) is 12.2 Å². The molecule has 1 aromatic carbocycles. The van der Waals surface area contributed by atoms with Gasteiger partial charge >= 0.3 is 7.12 Å². The van der Waals surface area contributed by atoms with E-state index in [1.165, 1.54) is 0 Å². The Morgan fingerprint density at radius 2 is 2.33 bits per heavy atom. The number of benzene rings is 1. The number of halogens is 1. The van der Waals surface area contributed by atoms with Crippen molar-refractivity contribution in [3.8, 4) is 5.75 Å². The fourth-order valence-electron chi connectivity index (χ4n) is 1.97. The number of rotatable bonds is 4. The summed E-state index contributed by atoms with van der Waals surface area (Å²) in [6.45, 7) is 2.12. The second-order valence-corrected chi connectivity index (χ2v) is 5.41. The summed E-state index contributed by atoms with van der Waals surface area (Å²) in [4.78, 5) is 0. The standard InChI is InChI=1S/C11H15BINO4/c1-6(15)5-17-8-3-2-7(13)10-9(4-14)18-12(16)11(8)10/h2-3,6,9,15-16H,4-5,14H2,1H3/t6?,9-/m1/s1. The van der Waals surface area contributed by atoms with Crippen LogP contribution >= 0.6 is 22.6 Å². The van der Waals surface area contributed by atoms with E-state index in [9.17, 15) is 10.1 Å². The summed E-state index contributed by atoms with van der Waals surface area (Å²) in [5.74, 6) is 0.537. The van der Waals surface area contributed by atoms with Crippen LogP contribution in [0.3, 0.4) is 0 Å². The van der Waals surface area contributed by atoms with Gasteiger partial charge in [0.25, 0.3) is 0 Å². The predicted octanol–water partition coefficient (Wildman–Crippen LogP) is -0.232. The Morgan fingerprint density at radius 1 is 1.61 bits per heavy atom. The number of aliphatic hydroxyl groups is 1. The van der Waals surface area contributed by atoms with Gasteiger partial charge in [-0.2, -0.15) is 0 Å². The first-order valence-electron chi connectivity index (χ1n) is 5.71. The molecule has 0 aromatic heterocycles. The molecule has 1 unspecified atom stereocenters. The zero-order chi connectivity index (χ0) is 13.3. The zero-order valence-corrected chi connectivity index (χ0v) is 12.1. The molecule has 0 aliphatic carbocycles. The van der Waals surface area contributed by atoms with Crippen LogP contribution in [0.2, 0.25) is 0 Å². The van der Waals surface area contributed by atoms with Crippen LogP contribution in [0.1, 0.15) is 18.6 Å². The molecule has 0 amide bonds. The maximum atomic E-state index is 9.93. The van der Waals surface area contributed by atoms with E-state index in [1.807, 2.05) is 6.07 Å². The predicted molar refractivity (Wildman–Crippen MR) is 76.8 cm³/mol. The first-order chi connectivity index (χ1) is 8.54. The van der Waals surface area contributed by atoms with Gasteiger partial charge in [0.1, 0.15) is 12.4 Å². The quantitative estimate of drug-likeness (QED) is 0.509. The molecule has 7 heteroatoms. The molecule has 1 heterocycles. The molecule has 2 rings (SSSR count). The lowest BCUT2D eigenvalue weighted by Crippen LogP contribution is -2.31. The zero-order valence-electron chi connectivity index (χ0n) is 9.97. The fourth-order valence-corrected chi connectivity index (χ4v) is 2.79. The molecule has 1 aliphatic heterocycles. The Hall–Kier alpha value is -0.345. The molecule has 98 valence electrons. The molecule has 1 aliphatic rings. The molecular formula is C11H15BINO4. The van der Waals surface area contributed by atoms with Crippen LogP contribution in [0.25, 0.3) is 0 Å². The SMILES string of the molecule is CC(O)COc1ccc(I)c2c1B(O)O[C@@H]2CN. The van der Waals surface area contributed by atoms with Gasteiger partial charge in [-0.1, -0.05) is 0 Å². The van der Waals surface area contributed by atoms with Crippen molar-refractivity contribution >= 4 is 35.2 Å². The van der Waals surface area contributed by atoms with Crippen LogP contribution in [-0.2, 0) is 4.65 Å². The highest BCUT2D eigenvalue weighted by molar-refractivity contribution is 14.1. The van der Waals surface area contributed by atoms with Gasteiger partial charge < -0.3 is 25.3 Å². The van der Waals surface area contributed by atoms with Crippen LogP contribution in [-0.4, -0.2) is 36.5 Å². The van der Waals surface area contributed by atoms with E-state index in [4.69, 9.17) is 15.1 Å². The summed E-state index contributed by atoms with van der Waals surface area (Å²) in [5, 5.41) is 19.2. The lowest BCUT2D eigenvalue weighted by Gasteiger charge is -2.14. The largest absolute Gasteiger partial charge is 0.495 e. The summed E-state index contributed by atoms with van der Waals surface area (Å²) in [7, 11) is -1.02. The highest BCUT2D eigenvalue weighted by Crippen LogP contribution is 2.31. The van der Waals surface area contributed by atoms with Crippen LogP contribution in [0.15, 0.2) is 12.1 Å². The van der Waals surface area contributed by atoms with Crippen LogP contribution in [0, 0.1) is 3.57 Å². The first-order valence-corrected chi connectivity index (χ1v) is 6.79. The number of hydrogen-bond acceptors (Lipinski definition) is 5. The third-order valence-corrected chi connectivity index (χ3v) is 3.69. The average molecular weight is 363 g/mol. The third-order valence-electron chi connectivity index (χ3n) is 2.75. The number of ether oxygens (including phenoxy) is 1. The number of hydrogen-bond donors (Lipinski definition) is 3.